The molecule has 2 aliphatic rings. The summed E-state index contributed by atoms with van der Waals surface area (Å²) in [6, 6.07) is 5.00. The second-order valence-electron chi connectivity index (χ2n) is 6.40. The maximum atomic E-state index is 13.1. The number of phenols is 1. The van der Waals surface area contributed by atoms with Crippen LogP contribution in [0, 0.1) is 6.92 Å². The number of carbonyl (C=O) groups is 2. The fraction of sp³-hybridized carbons (Fsp3) is 0.412. The first kappa shape index (κ1) is 14.9. The second kappa shape index (κ2) is 5.15. The summed E-state index contributed by atoms with van der Waals surface area (Å²) in [5.41, 5.74) is 2.38. The molecule has 1 unspecified atom stereocenters. The lowest BCUT2D eigenvalue weighted by Crippen LogP contribution is -2.53. The van der Waals surface area contributed by atoms with Gasteiger partial charge in [-0.25, -0.2) is 4.79 Å². The zero-order chi connectivity index (χ0) is 17.0. The summed E-state index contributed by atoms with van der Waals surface area (Å²) >= 11 is 0. The monoisotopic (exact) mass is 329 g/mol. The van der Waals surface area contributed by atoms with Crippen LogP contribution in [0.4, 0.5) is 4.79 Å². The molecule has 0 bridgehead atoms. The standard InChI is InChI=1S/C17H19N3O4/c1-10-15(13-7-12(21)3-4-14(13)18(10)2)16(22)19-5-6-20-11(8-19)9-24-17(20)23/h3-4,7,11,21H,5-6,8-9H2,1-2H3. The van der Waals surface area contributed by atoms with Crippen molar-refractivity contribution in [3.05, 3.63) is 29.5 Å². The second-order valence-corrected chi connectivity index (χ2v) is 6.40. The number of aromatic hydroxyl groups is 1. The van der Waals surface area contributed by atoms with E-state index in [9.17, 15) is 14.7 Å². The van der Waals surface area contributed by atoms with Crippen molar-refractivity contribution >= 4 is 22.9 Å². The molecule has 1 atom stereocenters. The number of carbonyl (C=O) groups excluding carboxylic acids is 2. The molecule has 4 rings (SSSR count). The van der Waals surface area contributed by atoms with Gasteiger partial charge in [0.25, 0.3) is 5.91 Å². The fourth-order valence-electron chi connectivity index (χ4n) is 3.66. The minimum absolute atomic E-state index is 0.0669. The Labute approximate surface area is 139 Å². The predicted molar refractivity (Wildman–Crippen MR) is 87.1 cm³/mol. The van der Waals surface area contributed by atoms with Gasteiger partial charge in [0, 0.05) is 43.3 Å². The van der Waals surface area contributed by atoms with Crippen LogP contribution in [0.25, 0.3) is 10.9 Å². The SMILES string of the molecule is Cc1c(C(=O)N2CCN3C(=O)OCC3C2)c2cc(O)ccc2n1C. The van der Waals surface area contributed by atoms with Crippen LogP contribution >= 0.6 is 0 Å². The third-order valence-corrected chi connectivity index (χ3v) is 5.09. The molecule has 7 nitrogen and oxygen atoms in total. The molecule has 2 aromatic rings. The summed E-state index contributed by atoms with van der Waals surface area (Å²) in [6.45, 7) is 3.68. The van der Waals surface area contributed by atoms with Gasteiger partial charge in [0.1, 0.15) is 12.4 Å². The minimum Gasteiger partial charge on any atom is -0.508 e. The van der Waals surface area contributed by atoms with Crippen LogP contribution in [-0.4, -0.2) is 63.8 Å². The number of piperazine rings is 1. The summed E-state index contributed by atoms with van der Waals surface area (Å²) in [5.74, 6) is 0.0736. The van der Waals surface area contributed by atoms with Gasteiger partial charge in [0.2, 0.25) is 0 Å². The maximum Gasteiger partial charge on any atom is 0.410 e. The molecule has 3 heterocycles. The molecule has 2 saturated heterocycles. The third-order valence-electron chi connectivity index (χ3n) is 5.09. The van der Waals surface area contributed by atoms with E-state index in [1.807, 2.05) is 24.6 Å². The van der Waals surface area contributed by atoms with E-state index < -0.39 is 0 Å². The lowest BCUT2D eigenvalue weighted by molar-refractivity contribution is 0.0618. The lowest BCUT2D eigenvalue weighted by Gasteiger charge is -2.35. The number of aryl methyl sites for hydroxylation is 1. The van der Waals surface area contributed by atoms with Crippen LogP contribution in [0.5, 0.6) is 5.75 Å². The zero-order valence-corrected chi connectivity index (χ0v) is 13.7. The van der Waals surface area contributed by atoms with Gasteiger partial charge in [-0.15, -0.1) is 0 Å². The number of rotatable bonds is 1. The number of fused-ring (bicyclic) bond motifs is 2. The Bertz CT molecular complexity index is 857. The molecule has 1 aromatic carbocycles. The van der Waals surface area contributed by atoms with Crippen LogP contribution in [0.1, 0.15) is 16.1 Å². The molecule has 0 radical (unpaired) electrons. The van der Waals surface area contributed by atoms with Crippen molar-refractivity contribution in [1.82, 2.24) is 14.4 Å². The van der Waals surface area contributed by atoms with Crippen LogP contribution < -0.4 is 0 Å². The number of hydrogen-bond donors (Lipinski definition) is 1. The zero-order valence-electron chi connectivity index (χ0n) is 13.7. The van der Waals surface area contributed by atoms with E-state index >= 15 is 0 Å². The van der Waals surface area contributed by atoms with Crippen LogP contribution in [0.2, 0.25) is 0 Å². The van der Waals surface area contributed by atoms with E-state index in [1.165, 1.54) is 0 Å². The third kappa shape index (κ3) is 2.04. The molecule has 1 aromatic heterocycles. The topological polar surface area (TPSA) is 75.0 Å². The Hall–Kier alpha value is -2.70. The Balaban J connectivity index is 1.70. The van der Waals surface area contributed by atoms with E-state index in [2.05, 4.69) is 0 Å². The average Bonchev–Trinajstić information content (AvgIpc) is 3.05. The van der Waals surface area contributed by atoms with Crippen molar-refractivity contribution in [2.24, 2.45) is 7.05 Å². The Morgan fingerprint density at radius 1 is 1.33 bits per heavy atom. The molecule has 1 N–H and O–H groups in total. The normalized spacial score (nSPS) is 20.4. The number of phenolic OH excluding ortho intramolecular Hbond substituents is 1. The molecule has 0 aliphatic carbocycles. The summed E-state index contributed by atoms with van der Waals surface area (Å²) in [4.78, 5) is 28.2. The fourth-order valence-corrected chi connectivity index (χ4v) is 3.66. The van der Waals surface area contributed by atoms with Gasteiger partial charge in [0.05, 0.1) is 11.6 Å². The predicted octanol–water partition coefficient (Wildman–Crippen LogP) is 1.47. The van der Waals surface area contributed by atoms with Gasteiger partial charge < -0.3 is 19.3 Å². The highest BCUT2D eigenvalue weighted by Gasteiger charge is 2.39. The van der Waals surface area contributed by atoms with Crippen LogP contribution in [-0.2, 0) is 11.8 Å². The summed E-state index contributed by atoms with van der Waals surface area (Å²) < 4.78 is 7.02. The number of aromatic nitrogens is 1. The maximum absolute atomic E-state index is 13.1. The molecule has 2 fully saturated rings. The van der Waals surface area contributed by atoms with Gasteiger partial charge in [-0.05, 0) is 25.1 Å². The van der Waals surface area contributed by atoms with E-state index in [4.69, 9.17) is 4.74 Å². The van der Waals surface area contributed by atoms with Crippen molar-refractivity contribution in [2.75, 3.05) is 26.2 Å². The largest absolute Gasteiger partial charge is 0.508 e. The first-order valence-electron chi connectivity index (χ1n) is 7.98. The Morgan fingerprint density at radius 3 is 2.92 bits per heavy atom. The summed E-state index contributed by atoms with van der Waals surface area (Å²) in [7, 11) is 1.91. The number of cyclic esters (lactones) is 1. The molecular formula is C17H19N3O4. The first-order chi connectivity index (χ1) is 11.5. The molecule has 2 aliphatic heterocycles. The number of ether oxygens (including phenoxy) is 1. The van der Waals surface area contributed by atoms with Gasteiger partial charge in [-0.2, -0.15) is 0 Å². The number of hydrogen-bond acceptors (Lipinski definition) is 4. The molecule has 24 heavy (non-hydrogen) atoms. The van der Waals surface area contributed by atoms with Crippen LogP contribution in [0.15, 0.2) is 18.2 Å². The molecule has 0 saturated carbocycles. The highest BCUT2D eigenvalue weighted by atomic mass is 16.6. The first-order valence-corrected chi connectivity index (χ1v) is 7.98. The molecule has 7 heteroatoms. The van der Waals surface area contributed by atoms with E-state index in [0.29, 0.717) is 31.8 Å². The Morgan fingerprint density at radius 2 is 2.12 bits per heavy atom. The average molecular weight is 329 g/mol. The number of nitrogens with zero attached hydrogens (tertiary/aromatic N) is 3. The molecule has 126 valence electrons. The van der Waals surface area contributed by atoms with E-state index in [-0.39, 0.29) is 23.8 Å². The van der Waals surface area contributed by atoms with Gasteiger partial charge in [-0.3, -0.25) is 9.69 Å². The summed E-state index contributed by atoms with van der Waals surface area (Å²) in [6.07, 6.45) is -0.293. The van der Waals surface area contributed by atoms with E-state index in [1.54, 1.807) is 21.9 Å². The lowest BCUT2D eigenvalue weighted by atomic mass is 10.1. The van der Waals surface area contributed by atoms with Crippen molar-refractivity contribution in [3.8, 4) is 5.75 Å². The quantitative estimate of drug-likeness (QED) is 0.860. The molecular weight excluding hydrogens is 310 g/mol. The van der Waals surface area contributed by atoms with Crippen LogP contribution in [0.3, 0.4) is 0 Å². The molecule has 0 spiro atoms. The van der Waals surface area contributed by atoms with Crippen molar-refractivity contribution in [1.29, 1.82) is 0 Å². The smallest absolute Gasteiger partial charge is 0.410 e. The van der Waals surface area contributed by atoms with Gasteiger partial charge >= 0.3 is 6.09 Å². The highest BCUT2D eigenvalue weighted by molar-refractivity contribution is 6.08. The van der Waals surface area contributed by atoms with E-state index in [0.717, 1.165) is 16.6 Å². The van der Waals surface area contributed by atoms with Crippen molar-refractivity contribution in [2.45, 2.75) is 13.0 Å². The van der Waals surface area contributed by atoms with Gasteiger partial charge in [0.15, 0.2) is 0 Å². The number of amides is 2. The van der Waals surface area contributed by atoms with Gasteiger partial charge in [-0.1, -0.05) is 0 Å². The summed E-state index contributed by atoms with van der Waals surface area (Å²) in [5, 5.41) is 10.6. The highest BCUT2D eigenvalue weighted by Crippen LogP contribution is 2.30. The van der Waals surface area contributed by atoms with Crippen molar-refractivity contribution < 1.29 is 19.4 Å². The minimum atomic E-state index is -0.293. The Kier molecular flexibility index (Phi) is 3.19. The number of benzene rings is 1. The van der Waals surface area contributed by atoms with Crippen molar-refractivity contribution in [3.63, 3.8) is 0 Å². The molecule has 2 amide bonds.